The summed E-state index contributed by atoms with van der Waals surface area (Å²) in [7, 11) is 1.60. The first-order valence-electron chi connectivity index (χ1n) is 6.66. The van der Waals surface area contributed by atoms with Crippen LogP contribution < -0.4 is 15.8 Å². The molecule has 0 spiro atoms. The Hall–Kier alpha value is -0.880. The van der Waals surface area contributed by atoms with Crippen LogP contribution in [0.25, 0.3) is 0 Å². The molecule has 0 aliphatic heterocycles. The van der Waals surface area contributed by atoms with Crippen molar-refractivity contribution >= 4 is 21.9 Å². The van der Waals surface area contributed by atoms with Crippen LogP contribution in [0.3, 0.4) is 0 Å². The standard InChI is InChI=1S/C13H21BrN4O/c1-9-5-3-4-6-13(9,8-15)18-12-16-7-10(14)11(17-12)19-2/h7,9H,3-6,8,15H2,1-2H3,(H,16,17,18). The molecule has 1 aromatic rings. The number of hydrogen-bond donors (Lipinski definition) is 2. The Kier molecular flexibility index (Phi) is 4.62. The second kappa shape index (κ2) is 6.05. The van der Waals surface area contributed by atoms with Gasteiger partial charge >= 0.3 is 0 Å². The first kappa shape index (κ1) is 14.5. The molecule has 2 atom stereocenters. The Morgan fingerprint density at radius 3 is 3.00 bits per heavy atom. The summed E-state index contributed by atoms with van der Waals surface area (Å²) in [5.41, 5.74) is 5.92. The number of nitrogens with one attached hydrogen (secondary N) is 1. The fourth-order valence-electron chi connectivity index (χ4n) is 2.73. The van der Waals surface area contributed by atoms with Gasteiger partial charge in [0.25, 0.3) is 0 Å². The monoisotopic (exact) mass is 328 g/mol. The third-order valence-electron chi connectivity index (χ3n) is 4.08. The van der Waals surface area contributed by atoms with Crippen LogP contribution in [-0.2, 0) is 0 Å². The molecule has 0 amide bonds. The Morgan fingerprint density at radius 2 is 2.37 bits per heavy atom. The van der Waals surface area contributed by atoms with Crippen LogP contribution in [0.4, 0.5) is 5.95 Å². The van der Waals surface area contributed by atoms with Crippen molar-refractivity contribution in [3.63, 3.8) is 0 Å². The number of methoxy groups -OCH3 is 1. The van der Waals surface area contributed by atoms with E-state index in [4.69, 9.17) is 10.5 Å². The van der Waals surface area contributed by atoms with Crippen LogP contribution in [0.1, 0.15) is 32.6 Å². The molecule has 1 heterocycles. The summed E-state index contributed by atoms with van der Waals surface area (Å²) in [5, 5.41) is 3.45. The fraction of sp³-hybridized carbons (Fsp3) is 0.692. The number of hydrogen-bond acceptors (Lipinski definition) is 5. The number of halogens is 1. The van der Waals surface area contributed by atoms with Gasteiger partial charge in [0.05, 0.1) is 23.3 Å². The zero-order chi connectivity index (χ0) is 13.9. The van der Waals surface area contributed by atoms with Crippen LogP contribution in [0.2, 0.25) is 0 Å². The second-order valence-electron chi connectivity index (χ2n) is 5.18. The maximum Gasteiger partial charge on any atom is 0.232 e. The third-order valence-corrected chi connectivity index (χ3v) is 4.63. The molecule has 3 N–H and O–H groups in total. The molecule has 0 aromatic carbocycles. The van der Waals surface area contributed by atoms with Gasteiger partial charge in [0.15, 0.2) is 0 Å². The predicted molar refractivity (Wildman–Crippen MR) is 79.3 cm³/mol. The van der Waals surface area contributed by atoms with E-state index in [2.05, 4.69) is 38.1 Å². The molecule has 1 fully saturated rings. The summed E-state index contributed by atoms with van der Waals surface area (Å²) >= 11 is 3.36. The van der Waals surface area contributed by atoms with Gasteiger partial charge in [0, 0.05) is 6.54 Å². The van der Waals surface area contributed by atoms with Crippen LogP contribution in [0, 0.1) is 5.92 Å². The van der Waals surface area contributed by atoms with Gasteiger partial charge in [-0.25, -0.2) is 4.98 Å². The molecule has 6 heteroatoms. The van der Waals surface area contributed by atoms with Crippen molar-refractivity contribution in [1.29, 1.82) is 0 Å². The highest BCUT2D eigenvalue weighted by Gasteiger charge is 2.37. The Bertz CT molecular complexity index is 443. The topological polar surface area (TPSA) is 73.1 Å². The average Bonchev–Trinajstić information content (AvgIpc) is 2.43. The van der Waals surface area contributed by atoms with Crippen LogP contribution in [-0.4, -0.2) is 29.2 Å². The summed E-state index contributed by atoms with van der Waals surface area (Å²) in [5.74, 6) is 1.64. The summed E-state index contributed by atoms with van der Waals surface area (Å²) in [4.78, 5) is 8.67. The lowest BCUT2D eigenvalue weighted by molar-refractivity contribution is 0.234. The number of ether oxygens (including phenoxy) is 1. The summed E-state index contributed by atoms with van der Waals surface area (Å²) in [6.07, 6.45) is 6.42. The molecule has 0 saturated heterocycles. The molecular weight excluding hydrogens is 308 g/mol. The lowest BCUT2D eigenvalue weighted by Crippen LogP contribution is -2.52. The molecule has 1 aliphatic rings. The van der Waals surface area contributed by atoms with Gasteiger partial charge in [-0.2, -0.15) is 4.98 Å². The minimum absolute atomic E-state index is 0.100. The van der Waals surface area contributed by atoms with Crippen LogP contribution in [0.5, 0.6) is 5.88 Å². The van der Waals surface area contributed by atoms with E-state index in [1.165, 1.54) is 19.3 Å². The highest BCUT2D eigenvalue weighted by molar-refractivity contribution is 9.10. The first-order chi connectivity index (χ1) is 9.11. The molecular formula is C13H21BrN4O. The van der Waals surface area contributed by atoms with E-state index in [-0.39, 0.29) is 5.54 Å². The van der Waals surface area contributed by atoms with E-state index in [9.17, 15) is 0 Å². The number of rotatable bonds is 4. The fourth-order valence-corrected chi connectivity index (χ4v) is 3.08. The molecule has 1 aromatic heterocycles. The molecule has 106 valence electrons. The minimum Gasteiger partial charge on any atom is -0.480 e. The van der Waals surface area contributed by atoms with Crippen molar-refractivity contribution in [1.82, 2.24) is 9.97 Å². The van der Waals surface area contributed by atoms with E-state index < -0.39 is 0 Å². The van der Waals surface area contributed by atoms with Crippen molar-refractivity contribution in [2.24, 2.45) is 11.7 Å². The molecule has 1 saturated carbocycles. The maximum absolute atomic E-state index is 6.02. The Morgan fingerprint density at radius 1 is 1.58 bits per heavy atom. The van der Waals surface area contributed by atoms with E-state index >= 15 is 0 Å². The Balaban J connectivity index is 2.22. The maximum atomic E-state index is 6.02. The smallest absolute Gasteiger partial charge is 0.232 e. The number of aromatic nitrogens is 2. The molecule has 0 bridgehead atoms. The minimum atomic E-state index is -0.100. The second-order valence-corrected chi connectivity index (χ2v) is 6.04. The zero-order valence-corrected chi connectivity index (χ0v) is 13.0. The summed E-state index contributed by atoms with van der Waals surface area (Å²) < 4.78 is 5.95. The van der Waals surface area contributed by atoms with Gasteiger partial charge in [0.1, 0.15) is 0 Å². The lowest BCUT2D eigenvalue weighted by atomic mass is 9.73. The van der Waals surface area contributed by atoms with Gasteiger partial charge in [-0.05, 0) is 34.7 Å². The van der Waals surface area contributed by atoms with Crippen molar-refractivity contribution in [3.05, 3.63) is 10.7 Å². The lowest BCUT2D eigenvalue weighted by Gasteiger charge is -2.42. The van der Waals surface area contributed by atoms with Gasteiger partial charge < -0.3 is 15.8 Å². The van der Waals surface area contributed by atoms with Crippen LogP contribution >= 0.6 is 15.9 Å². The normalized spacial score (nSPS) is 27.1. The molecule has 0 radical (unpaired) electrons. The largest absolute Gasteiger partial charge is 0.480 e. The molecule has 2 rings (SSSR count). The SMILES string of the molecule is COc1nc(NC2(CN)CCCCC2C)ncc1Br. The van der Waals surface area contributed by atoms with E-state index in [1.54, 1.807) is 13.3 Å². The predicted octanol–water partition coefficient (Wildman–Crippen LogP) is 2.57. The van der Waals surface area contributed by atoms with Gasteiger partial charge in [0.2, 0.25) is 11.8 Å². The van der Waals surface area contributed by atoms with Crippen molar-refractivity contribution in [3.8, 4) is 5.88 Å². The van der Waals surface area contributed by atoms with Crippen molar-refractivity contribution < 1.29 is 4.74 Å². The highest BCUT2D eigenvalue weighted by Crippen LogP contribution is 2.35. The molecule has 5 nitrogen and oxygen atoms in total. The summed E-state index contributed by atoms with van der Waals surface area (Å²) in [6, 6.07) is 0. The number of nitrogens with zero attached hydrogens (tertiary/aromatic N) is 2. The number of anilines is 1. The third kappa shape index (κ3) is 3.00. The molecule has 19 heavy (non-hydrogen) atoms. The van der Waals surface area contributed by atoms with Gasteiger partial charge in [-0.15, -0.1) is 0 Å². The quantitative estimate of drug-likeness (QED) is 0.888. The highest BCUT2D eigenvalue weighted by atomic mass is 79.9. The van der Waals surface area contributed by atoms with Gasteiger partial charge in [-0.3, -0.25) is 0 Å². The van der Waals surface area contributed by atoms with E-state index in [0.717, 1.165) is 10.9 Å². The first-order valence-corrected chi connectivity index (χ1v) is 7.45. The number of nitrogens with two attached hydrogens (primary N) is 1. The van der Waals surface area contributed by atoms with Crippen molar-refractivity contribution in [2.75, 3.05) is 19.0 Å². The average molecular weight is 329 g/mol. The summed E-state index contributed by atoms with van der Waals surface area (Å²) in [6.45, 7) is 2.84. The van der Waals surface area contributed by atoms with Crippen LogP contribution in [0.15, 0.2) is 10.7 Å². The van der Waals surface area contributed by atoms with Gasteiger partial charge in [-0.1, -0.05) is 19.8 Å². The van der Waals surface area contributed by atoms with Crippen molar-refractivity contribution in [2.45, 2.75) is 38.1 Å². The molecule has 2 unspecified atom stereocenters. The zero-order valence-electron chi connectivity index (χ0n) is 11.4. The Labute approximate surface area is 122 Å². The van der Waals surface area contributed by atoms with E-state index in [1.807, 2.05) is 0 Å². The van der Waals surface area contributed by atoms with E-state index in [0.29, 0.717) is 24.3 Å². The molecule has 1 aliphatic carbocycles.